The van der Waals surface area contributed by atoms with Gasteiger partial charge in [-0.2, -0.15) is 0 Å². The molecule has 0 spiro atoms. The molecule has 4 heterocycles. The summed E-state index contributed by atoms with van der Waals surface area (Å²) in [6.45, 7) is 3.16. The van der Waals surface area contributed by atoms with E-state index < -0.39 is 0 Å². The normalized spacial score (nSPS) is 20.2. The zero-order chi connectivity index (χ0) is 17.8. The number of morpholine rings is 1. The predicted molar refractivity (Wildman–Crippen MR) is 96.0 cm³/mol. The lowest BCUT2D eigenvalue weighted by Gasteiger charge is -2.37. The number of rotatable bonds is 3. The summed E-state index contributed by atoms with van der Waals surface area (Å²) in [4.78, 5) is 29.9. The van der Waals surface area contributed by atoms with Crippen LogP contribution in [0.5, 0.6) is 0 Å². The summed E-state index contributed by atoms with van der Waals surface area (Å²) in [5.74, 6) is 1.94. The number of aromatic nitrogens is 3. The van der Waals surface area contributed by atoms with Crippen LogP contribution in [0.1, 0.15) is 24.7 Å². The van der Waals surface area contributed by atoms with Gasteiger partial charge in [0.2, 0.25) is 0 Å². The summed E-state index contributed by atoms with van der Waals surface area (Å²) < 4.78 is 5.61. The zero-order valence-corrected chi connectivity index (χ0v) is 14.5. The van der Waals surface area contributed by atoms with Crippen molar-refractivity contribution < 1.29 is 9.53 Å². The molecular formula is C18H22N6O2. The predicted octanol–water partition coefficient (Wildman–Crippen LogP) is 2.20. The van der Waals surface area contributed by atoms with E-state index in [9.17, 15) is 4.79 Å². The molecule has 0 radical (unpaired) electrons. The summed E-state index contributed by atoms with van der Waals surface area (Å²) in [5.41, 5.74) is 0. The lowest BCUT2D eigenvalue weighted by molar-refractivity contribution is 0.00163. The summed E-state index contributed by atoms with van der Waals surface area (Å²) in [6, 6.07) is 7.20. The number of anilines is 2. The molecule has 2 aromatic rings. The molecule has 2 aliphatic rings. The minimum Gasteiger partial charge on any atom is -0.377 e. The second kappa shape index (κ2) is 7.65. The molecular weight excluding hydrogens is 332 g/mol. The van der Waals surface area contributed by atoms with Crippen LogP contribution in [0.2, 0.25) is 0 Å². The van der Waals surface area contributed by atoms with Crippen LogP contribution in [0.4, 0.5) is 16.4 Å². The van der Waals surface area contributed by atoms with Gasteiger partial charge in [-0.3, -0.25) is 0 Å². The SMILES string of the molecule is O=C(N1CCCC1)N1CCOC[C@H]1c1nccc(Nc2ccccn2)n1. The number of hydrogen-bond donors (Lipinski definition) is 1. The van der Waals surface area contributed by atoms with E-state index in [2.05, 4.69) is 20.3 Å². The van der Waals surface area contributed by atoms with Gasteiger partial charge in [0.15, 0.2) is 5.82 Å². The Labute approximate surface area is 152 Å². The van der Waals surface area contributed by atoms with Gasteiger partial charge in [-0.05, 0) is 31.0 Å². The summed E-state index contributed by atoms with van der Waals surface area (Å²) in [5, 5.41) is 3.17. The highest BCUT2D eigenvalue weighted by Crippen LogP contribution is 2.25. The van der Waals surface area contributed by atoms with Crippen LogP contribution in [0.25, 0.3) is 0 Å². The second-order valence-electron chi connectivity index (χ2n) is 6.40. The van der Waals surface area contributed by atoms with Gasteiger partial charge in [0, 0.05) is 32.0 Å². The van der Waals surface area contributed by atoms with Gasteiger partial charge >= 0.3 is 6.03 Å². The Morgan fingerprint density at radius 3 is 2.77 bits per heavy atom. The van der Waals surface area contributed by atoms with Gasteiger partial charge in [-0.1, -0.05) is 6.07 Å². The quantitative estimate of drug-likeness (QED) is 0.910. The van der Waals surface area contributed by atoms with E-state index in [-0.39, 0.29) is 12.1 Å². The van der Waals surface area contributed by atoms with Crippen molar-refractivity contribution in [2.75, 3.05) is 38.2 Å². The van der Waals surface area contributed by atoms with Gasteiger partial charge in [-0.25, -0.2) is 19.7 Å². The van der Waals surface area contributed by atoms with E-state index in [0.29, 0.717) is 37.2 Å². The number of likely N-dealkylation sites (tertiary alicyclic amines) is 1. The standard InChI is InChI=1S/C18H22N6O2/c25-18(23-9-3-4-10-23)24-11-12-26-13-14(24)17-20-8-6-16(22-17)21-15-5-1-2-7-19-15/h1-2,5-8,14H,3-4,9-13H2,(H,19,20,21,22)/t14-/m0/s1. The van der Waals surface area contributed by atoms with Gasteiger partial charge in [0.25, 0.3) is 0 Å². The number of urea groups is 1. The second-order valence-corrected chi connectivity index (χ2v) is 6.40. The molecule has 2 saturated heterocycles. The smallest absolute Gasteiger partial charge is 0.320 e. The average Bonchev–Trinajstić information content (AvgIpc) is 3.23. The molecule has 2 fully saturated rings. The van der Waals surface area contributed by atoms with Crippen LogP contribution in [0.15, 0.2) is 36.7 Å². The molecule has 136 valence electrons. The van der Waals surface area contributed by atoms with E-state index in [1.807, 2.05) is 28.0 Å². The Bertz CT molecular complexity index is 750. The first kappa shape index (κ1) is 16.7. The van der Waals surface area contributed by atoms with Crippen LogP contribution in [-0.2, 0) is 4.74 Å². The van der Waals surface area contributed by atoms with Crippen molar-refractivity contribution in [1.29, 1.82) is 0 Å². The average molecular weight is 354 g/mol. The van der Waals surface area contributed by atoms with Crippen molar-refractivity contribution in [3.63, 3.8) is 0 Å². The number of carbonyl (C=O) groups is 1. The molecule has 1 atom stereocenters. The van der Waals surface area contributed by atoms with Gasteiger partial charge in [0.1, 0.15) is 17.7 Å². The van der Waals surface area contributed by atoms with Crippen molar-refractivity contribution in [3.05, 3.63) is 42.5 Å². The fourth-order valence-corrected chi connectivity index (χ4v) is 3.31. The third kappa shape index (κ3) is 3.60. The van der Waals surface area contributed by atoms with Crippen LogP contribution >= 0.6 is 0 Å². The maximum Gasteiger partial charge on any atom is 0.320 e. The van der Waals surface area contributed by atoms with Gasteiger partial charge in [0.05, 0.1) is 13.2 Å². The van der Waals surface area contributed by atoms with Crippen molar-refractivity contribution in [3.8, 4) is 0 Å². The van der Waals surface area contributed by atoms with E-state index in [4.69, 9.17) is 4.74 Å². The fraction of sp³-hybridized carbons (Fsp3) is 0.444. The maximum atomic E-state index is 12.9. The topological polar surface area (TPSA) is 83.5 Å². The molecule has 8 nitrogen and oxygen atoms in total. The summed E-state index contributed by atoms with van der Waals surface area (Å²) in [6.07, 6.45) is 5.55. The molecule has 4 rings (SSSR count). The summed E-state index contributed by atoms with van der Waals surface area (Å²) in [7, 11) is 0. The Hall–Kier alpha value is -2.74. The lowest BCUT2D eigenvalue weighted by atomic mass is 10.2. The molecule has 26 heavy (non-hydrogen) atoms. The largest absolute Gasteiger partial charge is 0.377 e. The first-order valence-corrected chi connectivity index (χ1v) is 8.95. The van der Waals surface area contributed by atoms with Crippen LogP contribution in [-0.4, -0.2) is 63.6 Å². The molecule has 1 N–H and O–H groups in total. The van der Waals surface area contributed by atoms with Gasteiger partial charge < -0.3 is 19.9 Å². The molecule has 0 aliphatic carbocycles. The number of ether oxygens (including phenoxy) is 1. The van der Waals surface area contributed by atoms with E-state index in [0.717, 1.165) is 25.9 Å². The molecule has 2 aliphatic heterocycles. The monoisotopic (exact) mass is 354 g/mol. The lowest BCUT2D eigenvalue weighted by Crippen LogP contribution is -2.49. The molecule has 0 saturated carbocycles. The Balaban J connectivity index is 1.54. The van der Waals surface area contributed by atoms with E-state index >= 15 is 0 Å². The van der Waals surface area contributed by atoms with Crippen molar-refractivity contribution >= 4 is 17.7 Å². The maximum absolute atomic E-state index is 12.9. The van der Waals surface area contributed by atoms with Crippen LogP contribution in [0.3, 0.4) is 0 Å². The molecule has 0 bridgehead atoms. The number of nitrogens with one attached hydrogen (secondary N) is 1. The minimum absolute atomic E-state index is 0.0579. The number of hydrogen-bond acceptors (Lipinski definition) is 6. The highest BCUT2D eigenvalue weighted by atomic mass is 16.5. The first-order valence-electron chi connectivity index (χ1n) is 8.95. The van der Waals surface area contributed by atoms with E-state index in [1.54, 1.807) is 18.5 Å². The highest BCUT2D eigenvalue weighted by molar-refractivity contribution is 5.75. The molecule has 2 amide bonds. The number of nitrogens with zero attached hydrogens (tertiary/aromatic N) is 5. The third-order valence-electron chi connectivity index (χ3n) is 4.64. The number of amides is 2. The van der Waals surface area contributed by atoms with Crippen LogP contribution < -0.4 is 5.32 Å². The Kier molecular flexibility index (Phi) is 4.92. The molecule has 8 heteroatoms. The summed E-state index contributed by atoms with van der Waals surface area (Å²) >= 11 is 0. The zero-order valence-electron chi connectivity index (χ0n) is 14.5. The highest BCUT2D eigenvalue weighted by Gasteiger charge is 2.34. The van der Waals surface area contributed by atoms with E-state index in [1.165, 1.54) is 0 Å². The van der Waals surface area contributed by atoms with Crippen molar-refractivity contribution in [2.24, 2.45) is 0 Å². The molecule has 2 aromatic heterocycles. The molecule has 0 unspecified atom stereocenters. The first-order chi connectivity index (χ1) is 12.8. The number of pyridine rings is 1. The van der Waals surface area contributed by atoms with Gasteiger partial charge in [-0.15, -0.1) is 0 Å². The fourth-order valence-electron chi connectivity index (χ4n) is 3.31. The van der Waals surface area contributed by atoms with Crippen LogP contribution in [0, 0.1) is 0 Å². The van der Waals surface area contributed by atoms with Crippen molar-refractivity contribution in [1.82, 2.24) is 24.8 Å². The Morgan fingerprint density at radius 2 is 1.96 bits per heavy atom. The number of carbonyl (C=O) groups excluding carboxylic acids is 1. The Morgan fingerprint density at radius 1 is 1.08 bits per heavy atom. The third-order valence-corrected chi connectivity index (χ3v) is 4.64. The molecule has 0 aromatic carbocycles. The van der Waals surface area contributed by atoms with Crippen molar-refractivity contribution in [2.45, 2.75) is 18.9 Å². The minimum atomic E-state index is -0.276.